The molecule has 0 aromatic heterocycles. The average Bonchev–Trinajstić information content (AvgIpc) is 2.48. The quantitative estimate of drug-likeness (QED) is 0.839. The van der Waals surface area contributed by atoms with E-state index in [4.69, 9.17) is 21.4 Å². The molecular formula is C16H22ClNO3. The summed E-state index contributed by atoms with van der Waals surface area (Å²) in [7, 11) is 0. The van der Waals surface area contributed by atoms with Crippen molar-refractivity contribution in [2.75, 3.05) is 26.2 Å². The van der Waals surface area contributed by atoms with Gasteiger partial charge in [-0.05, 0) is 50.4 Å². The Balaban J connectivity index is 1.63. The van der Waals surface area contributed by atoms with E-state index in [2.05, 4.69) is 4.90 Å². The minimum absolute atomic E-state index is 0.292. The Morgan fingerprint density at radius 1 is 1.33 bits per heavy atom. The van der Waals surface area contributed by atoms with E-state index in [1.807, 2.05) is 24.3 Å². The van der Waals surface area contributed by atoms with Crippen LogP contribution < -0.4 is 4.74 Å². The number of carbonyl (C=O) groups is 1. The molecule has 1 N–H and O–H groups in total. The number of nitrogens with zero attached hydrogens (tertiary/aromatic N) is 1. The Bertz CT molecular complexity index is 459. The van der Waals surface area contributed by atoms with Crippen molar-refractivity contribution in [3.63, 3.8) is 0 Å². The van der Waals surface area contributed by atoms with Crippen LogP contribution in [0.4, 0.5) is 0 Å². The molecule has 0 unspecified atom stereocenters. The van der Waals surface area contributed by atoms with Crippen LogP contribution in [0.5, 0.6) is 5.75 Å². The van der Waals surface area contributed by atoms with Crippen molar-refractivity contribution in [2.24, 2.45) is 5.92 Å². The van der Waals surface area contributed by atoms with Crippen LogP contribution in [0.3, 0.4) is 0 Å². The van der Waals surface area contributed by atoms with Gasteiger partial charge in [0, 0.05) is 13.0 Å². The molecule has 21 heavy (non-hydrogen) atoms. The Labute approximate surface area is 130 Å². The summed E-state index contributed by atoms with van der Waals surface area (Å²) < 4.78 is 5.69. The molecule has 0 saturated carbocycles. The van der Waals surface area contributed by atoms with Crippen LogP contribution in [0.2, 0.25) is 5.02 Å². The van der Waals surface area contributed by atoms with E-state index in [9.17, 15) is 4.79 Å². The maximum absolute atomic E-state index is 10.6. The van der Waals surface area contributed by atoms with Crippen molar-refractivity contribution in [3.8, 4) is 5.75 Å². The van der Waals surface area contributed by atoms with Gasteiger partial charge in [0.05, 0.1) is 5.02 Å². The summed E-state index contributed by atoms with van der Waals surface area (Å²) in [4.78, 5) is 12.9. The van der Waals surface area contributed by atoms with Gasteiger partial charge in [-0.2, -0.15) is 0 Å². The third-order valence-corrected chi connectivity index (χ3v) is 4.29. The monoisotopic (exact) mass is 311 g/mol. The number of aliphatic carboxylic acids is 1. The molecule has 116 valence electrons. The second kappa shape index (κ2) is 8.25. The van der Waals surface area contributed by atoms with Gasteiger partial charge in [-0.25, -0.2) is 0 Å². The van der Waals surface area contributed by atoms with Crippen LogP contribution in [-0.2, 0) is 4.79 Å². The SMILES string of the molecule is O=C(O)CCC1CCN(CCOc2ccccc2Cl)CC1. The Kier molecular flexibility index (Phi) is 6.33. The molecule has 0 radical (unpaired) electrons. The molecule has 1 heterocycles. The van der Waals surface area contributed by atoms with Crippen LogP contribution >= 0.6 is 11.6 Å². The summed E-state index contributed by atoms with van der Waals surface area (Å²) in [6.07, 6.45) is 3.26. The molecule has 1 aliphatic rings. The smallest absolute Gasteiger partial charge is 0.303 e. The predicted molar refractivity (Wildman–Crippen MR) is 83.0 cm³/mol. The number of halogens is 1. The van der Waals surface area contributed by atoms with Gasteiger partial charge in [-0.3, -0.25) is 9.69 Å². The number of piperidine rings is 1. The van der Waals surface area contributed by atoms with Gasteiger partial charge in [0.2, 0.25) is 0 Å². The first-order valence-corrected chi connectivity index (χ1v) is 7.84. The number of likely N-dealkylation sites (tertiary alicyclic amines) is 1. The van der Waals surface area contributed by atoms with Crippen LogP contribution in [0.15, 0.2) is 24.3 Å². The molecule has 2 rings (SSSR count). The second-order valence-corrected chi connectivity index (χ2v) is 5.90. The van der Waals surface area contributed by atoms with Crippen molar-refractivity contribution in [2.45, 2.75) is 25.7 Å². The highest BCUT2D eigenvalue weighted by atomic mass is 35.5. The number of hydrogen-bond acceptors (Lipinski definition) is 3. The Morgan fingerprint density at radius 3 is 2.71 bits per heavy atom. The van der Waals surface area contributed by atoms with E-state index < -0.39 is 5.97 Å². The van der Waals surface area contributed by atoms with Gasteiger partial charge >= 0.3 is 5.97 Å². The number of carboxylic acid groups (broad SMARTS) is 1. The number of benzene rings is 1. The largest absolute Gasteiger partial charge is 0.491 e. The lowest BCUT2D eigenvalue weighted by molar-refractivity contribution is -0.137. The molecule has 1 saturated heterocycles. The molecule has 0 spiro atoms. The number of carboxylic acids is 1. The third-order valence-electron chi connectivity index (χ3n) is 3.98. The van der Waals surface area contributed by atoms with E-state index in [1.165, 1.54) is 0 Å². The molecule has 5 heteroatoms. The van der Waals surface area contributed by atoms with E-state index in [-0.39, 0.29) is 0 Å². The fourth-order valence-corrected chi connectivity index (χ4v) is 2.86. The van der Waals surface area contributed by atoms with E-state index >= 15 is 0 Å². The lowest BCUT2D eigenvalue weighted by Crippen LogP contribution is -2.36. The Hall–Kier alpha value is -1.26. The number of ether oxygens (including phenoxy) is 1. The van der Waals surface area contributed by atoms with Gasteiger partial charge < -0.3 is 9.84 Å². The summed E-state index contributed by atoms with van der Waals surface area (Å²) in [5.74, 6) is 0.600. The summed E-state index contributed by atoms with van der Waals surface area (Å²) in [6, 6.07) is 7.50. The molecule has 0 amide bonds. The number of hydrogen-bond donors (Lipinski definition) is 1. The molecule has 1 fully saturated rings. The van der Waals surface area contributed by atoms with Crippen molar-refractivity contribution in [3.05, 3.63) is 29.3 Å². The second-order valence-electron chi connectivity index (χ2n) is 5.50. The van der Waals surface area contributed by atoms with Gasteiger partial charge in [-0.1, -0.05) is 23.7 Å². The zero-order valence-corrected chi connectivity index (χ0v) is 12.9. The predicted octanol–water partition coefficient (Wildman–Crippen LogP) is 3.30. The molecule has 0 atom stereocenters. The van der Waals surface area contributed by atoms with Crippen molar-refractivity contribution < 1.29 is 14.6 Å². The Morgan fingerprint density at radius 2 is 2.05 bits per heavy atom. The van der Waals surface area contributed by atoms with Crippen molar-refractivity contribution in [1.29, 1.82) is 0 Å². The lowest BCUT2D eigenvalue weighted by Gasteiger charge is -2.31. The molecule has 0 aliphatic carbocycles. The van der Waals surface area contributed by atoms with Crippen LogP contribution in [0, 0.1) is 5.92 Å². The van der Waals surface area contributed by atoms with E-state index in [1.54, 1.807) is 0 Å². The zero-order valence-electron chi connectivity index (χ0n) is 12.1. The maximum atomic E-state index is 10.6. The number of rotatable bonds is 7. The fourth-order valence-electron chi connectivity index (χ4n) is 2.67. The molecule has 1 aliphatic heterocycles. The van der Waals surface area contributed by atoms with E-state index in [0.29, 0.717) is 24.0 Å². The first-order valence-electron chi connectivity index (χ1n) is 7.46. The molecule has 1 aromatic carbocycles. The summed E-state index contributed by atoms with van der Waals surface area (Å²) in [6.45, 7) is 3.56. The first kappa shape index (κ1) is 16.1. The van der Waals surface area contributed by atoms with Crippen molar-refractivity contribution in [1.82, 2.24) is 4.90 Å². The average molecular weight is 312 g/mol. The summed E-state index contributed by atoms with van der Waals surface area (Å²) >= 11 is 6.04. The minimum Gasteiger partial charge on any atom is -0.491 e. The highest BCUT2D eigenvalue weighted by Crippen LogP contribution is 2.24. The zero-order chi connectivity index (χ0) is 15.1. The van der Waals surface area contributed by atoms with Crippen LogP contribution in [0.25, 0.3) is 0 Å². The standard InChI is InChI=1S/C16H22ClNO3/c17-14-3-1-2-4-15(14)21-12-11-18-9-7-13(8-10-18)5-6-16(19)20/h1-4,13H,5-12H2,(H,19,20). The summed E-state index contributed by atoms with van der Waals surface area (Å²) in [5, 5.41) is 9.35. The van der Waals surface area contributed by atoms with Crippen LogP contribution in [-0.4, -0.2) is 42.2 Å². The molecule has 1 aromatic rings. The van der Waals surface area contributed by atoms with Gasteiger partial charge in [0.25, 0.3) is 0 Å². The molecule has 0 bridgehead atoms. The highest BCUT2D eigenvalue weighted by Gasteiger charge is 2.19. The van der Waals surface area contributed by atoms with Crippen molar-refractivity contribution >= 4 is 17.6 Å². The van der Waals surface area contributed by atoms with Crippen LogP contribution in [0.1, 0.15) is 25.7 Å². The normalized spacial score (nSPS) is 16.8. The van der Waals surface area contributed by atoms with Gasteiger partial charge in [0.15, 0.2) is 0 Å². The fraction of sp³-hybridized carbons (Fsp3) is 0.562. The highest BCUT2D eigenvalue weighted by molar-refractivity contribution is 6.32. The topological polar surface area (TPSA) is 49.8 Å². The first-order chi connectivity index (χ1) is 10.1. The molecule has 4 nitrogen and oxygen atoms in total. The number of para-hydroxylation sites is 1. The van der Waals surface area contributed by atoms with E-state index in [0.717, 1.165) is 44.6 Å². The summed E-state index contributed by atoms with van der Waals surface area (Å²) in [5.41, 5.74) is 0. The maximum Gasteiger partial charge on any atom is 0.303 e. The third kappa shape index (κ3) is 5.56. The lowest BCUT2D eigenvalue weighted by atomic mass is 9.92. The van der Waals surface area contributed by atoms with Gasteiger partial charge in [0.1, 0.15) is 12.4 Å². The minimum atomic E-state index is -0.689. The van der Waals surface area contributed by atoms with Gasteiger partial charge in [-0.15, -0.1) is 0 Å². The molecular weight excluding hydrogens is 290 g/mol.